The first-order valence-electron chi connectivity index (χ1n) is 7.40. The van der Waals surface area contributed by atoms with Crippen LogP contribution in [0.25, 0.3) is 0 Å². The molecule has 3 heterocycles. The minimum absolute atomic E-state index is 0.0441. The molecule has 8 heteroatoms. The molecule has 0 N–H and O–H groups in total. The quantitative estimate of drug-likeness (QED) is 0.806. The Bertz CT molecular complexity index is 675. The number of rotatable bonds is 4. The predicted molar refractivity (Wildman–Crippen MR) is 78.3 cm³/mol. The number of aryl methyl sites for hydroxylation is 1. The van der Waals surface area contributed by atoms with Gasteiger partial charge >= 0.3 is 0 Å². The number of nitrogens with zero attached hydrogens (tertiary/aromatic N) is 2. The van der Waals surface area contributed by atoms with E-state index in [1.54, 1.807) is 6.92 Å². The topological polar surface area (TPSA) is 89.7 Å². The van der Waals surface area contributed by atoms with Crippen LogP contribution in [0.1, 0.15) is 29.6 Å². The Morgan fingerprint density at radius 2 is 2.27 bits per heavy atom. The Morgan fingerprint density at radius 3 is 2.86 bits per heavy atom. The third-order valence-corrected chi connectivity index (χ3v) is 7.37. The normalized spacial score (nSPS) is 25.4. The second kappa shape index (κ2) is 5.34. The number of carbonyl (C=O) groups is 1. The fourth-order valence-electron chi connectivity index (χ4n) is 3.36. The van der Waals surface area contributed by atoms with Gasteiger partial charge in [-0.05, 0) is 20.3 Å². The number of hydrogen-bond acceptors (Lipinski definition) is 6. The van der Waals surface area contributed by atoms with Crippen molar-refractivity contribution in [3.05, 3.63) is 17.8 Å². The lowest BCUT2D eigenvalue weighted by molar-refractivity contribution is 0.0250. The van der Waals surface area contributed by atoms with Crippen LogP contribution in [0.5, 0.6) is 0 Å². The molecule has 122 valence electrons. The van der Waals surface area contributed by atoms with Crippen LogP contribution in [0.3, 0.4) is 0 Å². The van der Waals surface area contributed by atoms with Crippen molar-refractivity contribution in [2.75, 3.05) is 32.1 Å². The van der Waals surface area contributed by atoms with Crippen molar-refractivity contribution in [1.29, 1.82) is 0 Å². The molecule has 1 amide bonds. The number of likely N-dealkylation sites (tertiary alicyclic amines) is 1. The van der Waals surface area contributed by atoms with Gasteiger partial charge in [0.1, 0.15) is 4.75 Å². The number of aromatic nitrogens is 1. The molecule has 1 aromatic heterocycles. The first kappa shape index (κ1) is 15.5. The fraction of sp³-hybridized carbons (Fsp3) is 0.714. The van der Waals surface area contributed by atoms with E-state index in [9.17, 15) is 13.2 Å². The molecule has 3 rings (SSSR count). The molecule has 0 saturated carbocycles. The van der Waals surface area contributed by atoms with E-state index >= 15 is 0 Å². The maximum absolute atomic E-state index is 12.4. The standard InChI is InChI=1S/C14H20N2O5S/c1-3-20-6-11-4-5-22(18,19)14(11)7-16(8-14)13(17)12-10(2)15-9-21-12/h9,11H,3-8H2,1-2H3/t11-/m0/s1. The smallest absolute Gasteiger partial charge is 0.291 e. The first-order chi connectivity index (χ1) is 10.4. The van der Waals surface area contributed by atoms with Crippen LogP contribution in [-0.2, 0) is 14.6 Å². The first-order valence-corrected chi connectivity index (χ1v) is 9.06. The molecule has 1 aromatic rings. The second-order valence-corrected chi connectivity index (χ2v) is 8.41. The molecule has 0 aromatic carbocycles. The Balaban J connectivity index is 1.76. The lowest BCUT2D eigenvalue weighted by Gasteiger charge is -2.49. The number of sulfone groups is 1. The average molecular weight is 328 g/mol. The van der Waals surface area contributed by atoms with Gasteiger partial charge in [0.25, 0.3) is 5.91 Å². The molecule has 0 bridgehead atoms. The van der Waals surface area contributed by atoms with E-state index in [4.69, 9.17) is 9.15 Å². The Morgan fingerprint density at radius 1 is 1.55 bits per heavy atom. The molecule has 2 aliphatic heterocycles. The minimum Gasteiger partial charge on any atom is -0.438 e. The summed E-state index contributed by atoms with van der Waals surface area (Å²) in [5.41, 5.74) is 0.520. The summed E-state index contributed by atoms with van der Waals surface area (Å²) in [5, 5.41) is 0. The van der Waals surface area contributed by atoms with Crippen LogP contribution in [0.15, 0.2) is 10.8 Å². The van der Waals surface area contributed by atoms with Crippen molar-refractivity contribution in [1.82, 2.24) is 9.88 Å². The fourth-order valence-corrected chi connectivity index (χ4v) is 5.76. The third-order valence-electron chi connectivity index (χ3n) is 4.77. The molecule has 22 heavy (non-hydrogen) atoms. The van der Waals surface area contributed by atoms with Gasteiger partial charge in [-0.15, -0.1) is 0 Å². The monoisotopic (exact) mass is 328 g/mol. The summed E-state index contributed by atoms with van der Waals surface area (Å²) in [6.45, 7) is 5.00. The van der Waals surface area contributed by atoms with Gasteiger partial charge in [0, 0.05) is 25.6 Å². The number of hydrogen-bond donors (Lipinski definition) is 0. The van der Waals surface area contributed by atoms with Crippen LogP contribution < -0.4 is 0 Å². The van der Waals surface area contributed by atoms with Gasteiger partial charge in [0.15, 0.2) is 16.2 Å². The van der Waals surface area contributed by atoms with Crippen LogP contribution >= 0.6 is 0 Å². The molecule has 0 aliphatic carbocycles. The summed E-state index contributed by atoms with van der Waals surface area (Å²) >= 11 is 0. The van der Waals surface area contributed by atoms with E-state index in [0.717, 1.165) is 0 Å². The lowest BCUT2D eigenvalue weighted by Crippen LogP contribution is -2.68. The highest BCUT2D eigenvalue weighted by Gasteiger charge is 2.62. The molecule has 0 unspecified atom stereocenters. The van der Waals surface area contributed by atoms with E-state index in [0.29, 0.717) is 25.3 Å². The second-order valence-electron chi connectivity index (χ2n) is 5.96. The summed E-state index contributed by atoms with van der Waals surface area (Å²) in [6, 6.07) is 0. The zero-order valence-electron chi connectivity index (χ0n) is 12.7. The molecule has 7 nitrogen and oxygen atoms in total. The summed E-state index contributed by atoms with van der Waals surface area (Å²) in [5.74, 6) is 0.0236. The van der Waals surface area contributed by atoms with E-state index in [1.807, 2.05) is 6.92 Å². The number of ether oxygens (including phenoxy) is 1. The van der Waals surface area contributed by atoms with E-state index in [-0.39, 0.29) is 36.4 Å². The Hall–Kier alpha value is -1.41. The van der Waals surface area contributed by atoms with Gasteiger partial charge in [0.2, 0.25) is 5.76 Å². The highest BCUT2D eigenvalue weighted by Crippen LogP contribution is 2.45. The summed E-state index contributed by atoms with van der Waals surface area (Å²) in [7, 11) is -3.19. The number of oxazole rings is 1. The number of carbonyl (C=O) groups excluding carboxylic acids is 1. The van der Waals surface area contributed by atoms with Gasteiger partial charge in [-0.2, -0.15) is 0 Å². The van der Waals surface area contributed by atoms with Gasteiger partial charge in [-0.3, -0.25) is 4.79 Å². The number of amides is 1. The van der Waals surface area contributed by atoms with E-state index in [1.165, 1.54) is 11.3 Å². The third kappa shape index (κ3) is 2.16. The van der Waals surface area contributed by atoms with Crippen LogP contribution in [0.2, 0.25) is 0 Å². The van der Waals surface area contributed by atoms with Gasteiger partial charge < -0.3 is 14.1 Å². The van der Waals surface area contributed by atoms with Gasteiger partial charge in [-0.1, -0.05) is 0 Å². The molecule has 0 radical (unpaired) electrons. The summed E-state index contributed by atoms with van der Waals surface area (Å²) in [4.78, 5) is 17.8. The molecule has 1 spiro atoms. The van der Waals surface area contributed by atoms with Crippen molar-refractivity contribution in [3.63, 3.8) is 0 Å². The maximum Gasteiger partial charge on any atom is 0.291 e. The predicted octanol–water partition coefficient (Wildman–Crippen LogP) is 0.649. The molecular formula is C14H20N2O5S. The largest absolute Gasteiger partial charge is 0.438 e. The average Bonchev–Trinajstić information content (AvgIpc) is 2.95. The summed E-state index contributed by atoms with van der Waals surface area (Å²) in [6.07, 6.45) is 1.83. The highest BCUT2D eigenvalue weighted by molar-refractivity contribution is 7.93. The summed E-state index contributed by atoms with van der Waals surface area (Å²) < 4.78 is 34.6. The molecule has 2 saturated heterocycles. The van der Waals surface area contributed by atoms with Crippen LogP contribution in [-0.4, -0.2) is 61.0 Å². The molecule has 1 atom stereocenters. The SMILES string of the molecule is CCOC[C@@H]1CCS(=O)(=O)C12CN(C(=O)c1ocnc1C)C2. The van der Waals surface area contributed by atoms with Gasteiger partial charge in [-0.25, -0.2) is 13.4 Å². The van der Waals surface area contributed by atoms with Gasteiger partial charge in [0.05, 0.1) is 18.1 Å². The van der Waals surface area contributed by atoms with Crippen molar-refractivity contribution in [3.8, 4) is 0 Å². The molecular weight excluding hydrogens is 308 g/mol. The van der Waals surface area contributed by atoms with Crippen LogP contribution in [0, 0.1) is 12.8 Å². The maximum atomic E-state index is 12.4. The van der Waals surface area contributed by atoms with Crippen molar-refractivity contribution in [2.24, 2.45) is 5.92 Å². The zero-order chi connectivity index (χ0) is 16.0. The van der Waals surface area contributed by atoms with Crippen LogP contribution in [0.4, 0.5) is 0 Å². The lowest BCUT2D eigenvalue weighted by atomic mass is 9.83. The minimum atomic E-state index is -3.19. The van der Waals surface area contributed by atoms with Crippen molar-refractivity contribution < 1.29 is 22.4 Å². The van der Waals surface area contributed by atoms with E-state index < -0.39 is 14.6 Å². The van der Waals surface area contributed by atoms with E-state index in [2.05, 4.69) is 4.98 Å². The molecule has 2 aliphatic rings. The highest BCUT2D eigenvalue weighted by atomic mass is 32.2. The molecule has 2 fully saturated rings. The zero-order valence-corrected chi connectivity index (χ0v) is 13.6. The van der Waals surface area contributed by atoms with Crippen molar-refractivity contribution >= 4 is 15.7 Å². The Labute approximate surface area is 129 Å². The Kier molecular flexibility index (Phi) is 3.76. The van der Waals surface area contributed by atoms with Crippen molar-refractivity contribution in [2.45, 2.75) is 25.0 Å².